The van der Waals surface area contributed by atoms with Gasteiger partial charge < -0.3 is 0 Å². The Kier molecular flexibility index (Phi) is 4.74. The summed E-state index contributed by atoms with van der Waals surface area (Å²) in [5, 5.41) is 4.40. The monoisotopic (exact) mass is 290 g/mol. The molecule has 0 saturated heterocycles. The number of halogens is 1. The third-order valence-electron chi connectivity index (χ3n) is 2.19. The van der Waals surface area contributed by atoms with Crippen LogP contribution in [0.3, 0.4) is 0 Å². The van der Waals surface area contributed by atoms with Crippen LogP contribution in [0.5, 0.6) is 0 Å². The SMILES string of the molecule is CN(CCBr)Cc1nc(C(C)(C)C)cs1. The molecule has 0 amide bonds. The minimum Gasteiger partial charge on any atom is -0.299 e. The van der Waals surface area contributed by atoms with Crippen LogP contribution in [0.2, 0.25) is 0 Å². The molecule has 0 N–H and O–H groups in total. The summed E-state index contributed by atoms with van der Waals surface area (Å²) in [5.41, 5.74) is 1.37. The van der Waals surface area contributed by atoms with Crippen molar-refractivity contribution in [2.75, 3.05) is 18.9 Å². The molecule has 0 aromatic carbocycles. The molecule has 0 saturated carbocycles. The highest BCUT2D eigenvalue weighted by Crippen LogP contribution is 2.24. The molecule has 4 heteroatoms. The largest absolute Gasteiger partial charge is 0.299 e. The molecule has 0 unspecified atom stereocenters. The number of hydrogen-bond donors (Lipinski definition) is 0. The summed E-state index contributed by atoms with van der Waals surface area (Å²) in [4.78, 5) is 6.94. The molecule has 0 aliphatic heterocycles. The molecule has 0 aliphatic rings. The van der Waals surface area contributed by atoms with E-state index < -0.39 is 0 Å². The Morgan fingerprint density at radius 3 is 2.60 bits per heavy atom. The van der Waals surface area contributed by atoms with Crippen LogP contribution in [-0.4, -0.2) is 28.8 Å². The zero-order valence-corrected chi connectivity index (χ0v) is 12.3. The van der Waals surface area contributed by atoms with Gasteiger partial charge in [-0.1, -0.05) is 36.7 Å². The lowest BCUT2D eigenvalue weighted by Crippen LogP contribution is -2.20. The first kappa shape index (κ1) is 13.1. The van der Waals surface area contributed by atoms with Gasteiger partial charge in [0.15, 0.2) is 0 Å². The number of nitrogens with zero attached hydrogens (tertiary/aromatic N) is 2. The van der Waals surface area contributed by atoms with Crippen molar-refractivity contribution in [2.45, 2.75) is 32.7 Å². The maximum atomic E-state index is 4.67. The van der Waals surface area contributed by atoms with E-state index in [4.69, 9.17) is 0 Å². The average molecular weight is 291 g/mol. The Morgan fingerprint density at radius 1 is 1.47 bits per heavy atom. The van der Waals surface area contributed by atoms with E-state index in [1.807, 2.05) is 0 Å². The standard InChI is InChI=1S/C11H19BrN2S/c1-11(2,3)9-8-15-10(13-9)7-14(4)6-5-12/h8H,5-7H2,1-4H3. The molecule has 0 atom stereocenters. The number of alkyl halides is 1. The highest BCUT2D eigenvalue weighted by atomic mass is 79.9. The summed E-state index contributed by atoms with van der Waals surface area (Å²) >= 11 is 5.20. The van der Waals surface area contributed by atoms with Crippen molar-refractivity contribution in [1.82, 2.24) is 9.88 Å². The van der Waals surface area contributed by atoms with Crippen LogP contribution in [0.15, 0.2) is 5.38 Å². The van der Waals surface area contributed by atoms with Crippen molar-refractivity contribution in [3.63, 3.8) is 0 Å². The van der Waals surface area contributed by atoms with Crippen molar-refractivity contribution in [1.29, 1.82) is 0 Å². The third-order valence-corrected chi connectivity index (χ3v) is 3.38. The molecule has 1 rings (SSSR count). The van der Waals surface area contributed by atoms with E-state index in [9.17, 15) is 0 Å². The number of thiazole rings is 1. The van der Waals surface area contributed by atoms with Gasteiger partial charge in [-0.15, -0.1) is 11.3 Å². The first-order valence-corrected chi connectivity index (χ1v) is 7.13. The summed E-state index contributed by atoms with van der Waals surface area (Å²) in [6, 6.07) is 0. The summed E-state index contributed by atoms with van der Waals surface area (Å²) in [6.07, 6.45) is 0. The summed E-state index contributed by atoms with van der Waals surface area (Å²) in [5.74, 6) is 0. The number of hydrogen-bond acceptors (Lipinski definition) is 3. The molecule has 86 valence electrons. The molecule has 0 fully saturated rings. The molecule has 1 aromatic heterocycles. The van der Waals surface area contributed by atoms with Gasteiger partial charge in [0.05, 0.1) is 12.2 Å². The molecular formula is C11H19BrN2S. The molecule has 0 spiro atoms. The van der Waals surface area contributed by atoms with Gasteiger partial charge in [-0.2, -0.15) is 0 Å². The van der Waals surface area contributed by atoms with Gasteiger partial charge in [0.25, 0.3) is 0 Å². The number of aromatic nitrogens is 1. The highest BCUT2D eigenvalue weighted by Gasteiger charge is 2.17. The van der Waals surface area contributed by atoms with E-state index in [1.54, 1.807) is 11.3 Å². The minimum atomic E-state index is 0.169. The van der Waals surface area contributed by atoms with E-state index in [0.717, 1.165) is 18.4 Å². The maximum absolute atomic E-state index is 4.67. The molecule has 0 bridgehead atoms. The lowest BCUT2D eigenvalue weighted by atomic mass is 9.93. The fraction of sp³-hybridized carbons (Fsp3) is 0.727. The van der Waals surface area contributed by atoms with Gasteiger partial charge in [0, 0.05) is 22.7 Å². The second-order valence-electron chi connectivity index (χ2n) is 4.80. The molecule has 15 heavy (non-hydrogen) atoms. The molecule has 0 radical (unpaired) electrons. The van der Waals surface area contributed by atoms with E-state index >= 15 is 0 Å². The molecule has 0 aliphatic carbocycles. The highest BCUT2D eigenvalue weighted by molar-refractivity contribution is 9.09. The average Bonchev–Trinajstić information content (AvgIpc) is 2.52. The van der Waals surface area contributed by atoms with E-state index in [2.05, 4.69) is 59.0 Å². The normalized spacial score (nSPS) is 12.4. The smallest absolute Gasteiger partial charge is 0.107 e. The second-order valence-corrected chi connectivity index (χ2v) is 6.54. The van der Waals surface area contributed by atoms with E-state index in [0.29, 0.717) is 0 Å². The zero-order chi connectivity index (χ0) is 11.5. The summed E-state index contributed by atoms with van der Waals surface area (Å²) < 4.78 is 0. The van der Waals surface area contributed by atoms with Crippen LogP contribution in [0.25, 0.3) is 0 Å². The van der Waals surface area contributed by atoms with Crippen LogP contribution < -0.4 is 0 Å². The zero-order valence-electron chi connectivity index (χ0n) is 9.88. The lowest BCUT2D eigenvalue weighted by molar-refractivity contribution is 0.348. The quantitative estimate of drug-likeness (QED) is 0.792. The van der Waals surface area contributed by atoms with E-state index in [-0.39, 0.29) is 5.41 Å². The Labute approximate surface area is 105 Å². The Balaban J connectivity index is 2.61. The van der Waals surface area contributed by atoms with Gasteiger partial charge >= 0.3 is 0 Å². The van der Waals surface area contributed by atoms with Crippen LogP contribution >= 0.6 is 27.3 Å². The van der Waals surface area contributed by atoms with Crippen LogP contribution in [0.1, 0.15) is 31.5 Å². The Morgan fingerprint density at radius 2 is 2.13 bits per heavy atom. The van der Waals surface area contributed by atoms with Crippen molar-refractivity contribution < 1.29 is 0 Å². The maximum Gasteiger partial charge on any atom is 0.107 e. The fourth-order valence-corrected chi connectivity index (χ4v) is 2.89. The van der Waals surface area contributed by atoms with Gasteiger partial charge in [0.1, 0.15) is 5.01 Å². The van der Waals surface area contributed by atoms with Crippen LogP contribution in [0, 0.1) is 0 Å². The molecule has 1 aromatic rings. The summed E-state index contributed by atoms with van der Waals surface area (Å²) in [7, 11) is 2.12. The topological polar surface area (TPSA) is 16.1 Å². The minimum absolute atomic E-state index is 0.169. The van der Waals surface area contributed by atoms with Crippen molar-refractivity contribution in [3.8, 4) is 0 Å². The van der Waals surface area contributed by atoms with Crippen LogP contribution in [0.4, 0.5) is 0 Å². The first-order chi connectivity index (χ1) is 6.93. The van der Waals surface area contributed by atoms with Gasteiger partial charge in [0.2, 0.25) is 0 Å². The second kappa shape index (κ2) is 5.41. The van der Waals surface area contributed by atoms with E-state index in [1.165, 1.54) is 10.7 Å². The number of rotatable bonds is 4. The van der Waals surface area contributed by atoms with Crippen LogP contribution in [-0.2, 0) is 12.0 Å². The van der Waals surface area contributed by atoms with Crippen molar-refractivity contribution >= 4 is 27.3 Å². The van der Waals surface area contributed by atoms with Gasteiger partial charge in [-0.05, 0) is 7.05 Å². The lowest BCUT2D eigenvalue weighted by Gasteiger charge is -2.15. The first-order valence-electron chi connectivity index (χ1n) is 5.13. The Hall–Kier alpha value is 0.0700. The van der Waals surface area contributed by atoms with Crippen molar-refractivity contribution in [2.24, 2.45) is 0 Å². The fourth-order valence-electron chi connectivity index (χ4n) is 1.18. The summed E-state index contributed by atoms with van der Waals surface area (Å²) in [6.45, 7) is 8.62. The predicted molar refractivity (Wildman–Crippen MR) is 70.9 cm³/mol. The Bertz CT molecular complexity index is 304. The predicted octanol–water partition coefficient (Wildman–Crippen LogP) is 3.27. The molecule has 1 heterocycles. The molecule has 2 nitrogen and oxygen atoms in total. The van der Waals surface area contributed by atoms with Gasteiger partial charge in [-0.25, -0.2) is 4.98 Å². The molecular weight excluding hydrogens is 272 g/mol. The van der Waals surface area contributed by atoms with Crippen molar-refractivity contribution in [3.05, 3.63) is 16.1 Å². The third kappa shape index (κ3) is 4.21. The van der Waals surface area contributed by atoms with Gasteiger partial charge in [-0.3, -0.25) is 4.90 Å².